The van der Waals surface area contributed by atoms with Gasteiger partial charge in [0.25, 0.3) is 0 Å². The Balaban J connectivity index is 1.57. The molecule has 2 heterocycles. The lowest BCUT2D eigenvalue weighted by molar-refractivity contribution is -0.144. The minimum Gasteiger partial charge on any atom is -0.462 e. The summed E-state index contributed by atoms with van der Waals surface area (Å²) in [6, 6.07) is 1.25. The van der Waals surface area contributed by atoms with Crippen LogP contribution in [0.3, 0.4) is 0 Å². The normalized spacial score (nSPS) is 48.2. The number of hydrogen-bond donors (Lipinski definition) is 0. The van der Waals surface area contributed by atoms with Crippen LogP contribution in [0, 0.1) is 29.6 Å². The van der Waals surface area contributed by atoms with Crippen LogP contribution in [0.5, 0.6) is 0 Å². The summed E-state index contributed by atoms with van der Waals surface area (Å²) in [5.41, 5.74) is 0. The van der Waals surface area contributed by atoms with E-state index in [-0.39, 0.29) is 18.0 Å². The van der Waals surface area contributed by atoms with E-state index in [0.717, 1.165) is 18.3 Å². The largest absolute Gasteiger partial charge is 0.462 e. The summed E-state index contributed by atoms with van der Waals surface area (Å²) in [5, 5.41) is 0. The lowest BCUT2D eigenvalue weighted by Gasteiger charge is -2.46. The first-order valence-corrected chi connectivity index (χ1v) is 10.7. The van der Waals surface area contributed by atoms with Crippen molar-refractivity contribution >= 4 is 5.97 Å². The Bertz CT molecular complexity index is 530. The summed E-state index contributed by atoms with van der Waals surface area (Å²) < 4.78 is 5.69. The van der Waals surface area contributed by atoms with E-state index in [1.54, 1.807) is 0 Å². The number of likely N-dealkylation sites (N-methyl/N-ethyl adjacent to an activating group) is 1. The van der Waals surface area contributed by atoms with Crippen LogP contribution in [0.4, 0.5) is 0 Å². The molecule has 0 N–H and O–H groups in total. The third-order valence-corrected chi connectivity index (χ3v) is 7.97. The summed E-state index contributed by atoms with van der Waals surface area (Å²) in [6.07, 6.45) is 15.5. The molecule has 0 aromatic heterocycles. The van der Waals surface area contributed by atoms with Gasteiger partial charge in [-0.2, -0.15) is 0 Å². The molecule has 0 aromatic carbocycles. The van der Waals surface area contributed by atoms with Gasteiger partial charge in [0.1, 0.15) is 6.10 Å². The quantitative estimate of drug-likeness (QED) is 0.548. The van der Waals surface area contributed by atoms with Gasteiger partial charge in [-0.05, 0) is 64.3 Å². The molecular formula is C22H35NO2. The average molecular weight is 346 g/mol. The van der Waals surface area contributed by atoms with Crippen LogP contribution in [0.25, 0.3) is 0 Å². The first-order chi connectivity index (χ1) is 12.1. The molecule has 0 bridgehead atoms. The molecule has 4 aliphatic rings. The van der Waals surface area contributed by atoms with E-state index in [9.17, 15) is 4.79 Å². The van der Waals surface area contributed by atoms with Crippen LogP contribution in [0.1, 0.15) is 65.2 Å². The molecule has 8 atom stereocenters. The zero-order chi connectivity index (χ0) is 17.6. The zero-order valence-electron chi connectivity index (χ0n) is 16.2. The third kappa shape index (κ3) is 3.18. The Morgan fingerprint density at radius 2 is 1.84 bits per heavy atom. The molecular weight excluding hydrogens is 310 g/mol. The van der Waals surface area contributed by atoms with E-state index in [1.807, 2.05) is 0 Å². The van der Waals surface area contributed by atoms with Crippen LogP contribution in [0.2, 0.25) is 0 Å². The lowest BCUT2D eigenvalue weighted by Crippen LogP contribution is -2.44. The predicted octanol–water partition coefficient (Wildman–Crippen LogP) is 4.42. The maximum atomic E-state index is 12.4. The molecule has 4 rings (SSSR count). The number of rotatable bonds is 2. The second-order valence-corrected chi connectivity index (χ2v) is 9.24. The average Bonchev–Trinajstić information content (AvgIpc) is 2.89. The third-order valence-electron chi connectivity index (χ3n) is 7.97. The van der Waals surface area contributed by atoms with Crippen LogP contribution < -0.4 is 0 Å². The van der Waals surface area contributed by atoms with E-state index in [2.05, 4.69) is 37.9 Å². The number of hydrogen-bond acceptors (Lipinski definition) is 3. The number of allylic oxidation sites excluding steroid dienone is 1. The van der Waals surface area contributed by atoms with Crippen molar-refractivity contribution in [1.29, 1.82) is 0 Å². The van der Waals surface area contributed by atoms with Crippen molar-refractivity contribution in [3.63, 3.8) is 0 Å². The van der Waals surface area contributed by atoms with Crippen molar-refractivity contribution in [3.8, 4) is 0 Å². The van der Waals surface area contributed by atoms with Crippen LogP contribution in [0.15, 0.2) is 12.2 Å². The molecule has 0 amide bonds. The highest BCUT2D eigenvalue weighted by molar-refractivity contribution is 5.75. The molecule has 0 spiro atoms. The summed E-state index contributed by atoms with van der Waals surface area (Å²) >= 11 is 0. The fourth-order valence-corrected chi connectivity index (χ4v) is 6.43. The van der Waals surface area contributed by atoms with Crippen molar-refractivity contribution < 1.29 is 9.53 Å². The van der Waals surface area contributed by atoms with E-state index in [4.69, 9.17) is 4.74 Å². The van der Waals surface area contributed by atoms with Crippen molar-refractivity contribution in [2.75, 3.05) is 7.05 Å². The van der Waals surface area contributed by atoms with Gasteiger partial charge in [0, 0.05) is 18.0 Å². The predicted molar refractivity (Wildman–Crippen MR) is 100 cm³/mol. The first kappa shape index (κ1) is 17.6. The van der Waals surface area contributed by atoms with Crippen molar-refractivity contribution in [2.45, 2.75) is 83.4 Å². The zero-order valence-corrected chi connectivity index (χ0v) is 16.2. The van der Waals surface area contributed by atoms with Gasteiger partial charge >= 0.3 is 5.97 Å². The standard InChI is InChI=1S/C22H35NO2/c1-14-7-6-9-17(23(14)3)11-12-19-18-10-5-4-8-16(18)13-20-21(19)15(2)25-22(20)24/h11-12,14-21H,4-10,13H2,1-3H3/b12-11+/t14-,15+,16+,17-,18-,19+,20+,21+/m0/s1. The molecule has 3 nitrogen and oxygen atoms in total. The number of carbonyl (C=O) groups is 1. The number of esters is 1. The Labute approximate surface area is 153 Å². The molecule has 3 heteroatoms. The van der Waals surface area contributed by atoms with Crippen LogP contribution in [-0.4, -0.2) is 36.1 Å². The van der Waals surface area contributed by atoms with Gasteiger partial charge in [-0.1, -0.05) is 37.8 Å². The number of ether oxygens (including phenoxy) is 1. The maximum absolute atomic E-state index is 12.4. The highest BCUT2D eigenvalue weighted by Crippen LogP contribution is 2.53. The van der Waals surface area contributed by atoms with Gasteiger partial charge < -0.3 is 4.74 Å². The summed E-state index contributed by atoms with van der Waals surface area (Å²) in [4.78, 5) is 14.9. The van der Waals surface area contributed by atoms with Gasteiger partial charge in [0.15, 0.2) is 0 Å². The van der Waals surface area contributed by atoms with Gasteiger partial charge in [0.05, 0.1) is 5.92 Å². The summed E-state index contributed by atoms with van der Waals surface area (Å²) in [5.74, 6) is 2.71. The molecule has 2 aliphatic carbocycles. The lowest BCUT2D eigenvalue weighted by atomic mass is 9.57. The van der Waals surface area contributed by atoms with Gasteiger partial charge in [0.2, 0.25) is 0 Å². The summed E-state index contributed by atoms with van der Waals surface area (Å²) in [7, 11) is 2.27. The highest BCUT2D eigenvalue weighted by atomic mass is 16.6. The van der Waals surface area contributed by atoms with Crippen LogP contribution >= 0.6 is 0 Å². The molecule has 4 fully saturated rings. The molecule has 0 radical (unpaired) electrons. The topological polar surface area (TPSA) is 29.5 Å². The monoisotopic (exact) mass is 345 g/mol. The Hall–Kier alpha value is -0.830. The number of piperidine rings is 1. The van der Waals surface area contributed by atoms with Gasteiger partial charge in [-0.15, -0.1) is 0 Å². The molecule has 2 aliphatic heterocycles. The van der Waals surface area contributed by atoms with Gasteiger partial charge in [-0.3, -0.25) is 9.69 Å². The number of nitrogens with zero attached hydrogens (tertiary/aromatic N) is 1. The minimum atomic E-state index is 0.0864. The number of likely N-dealkylation sites (tertiary alicyclic amines) is 1. The van der Waals surface area contributed by atoms with E-state index < -0.39 is 0 Å². The van der Waals surface area contributed by atoms with E-state index in [1.165, 1.54) is 44.9 Å². The maximum Gasteiger partial charge on any atom is 0.309 e. The van der Waals surface area contributed by atoms with Crippen molar-refractivity contribution in [2.24, 2.45) is 29.6 Å². The smallest absolute Gasteiger partial charge is 0.309 e. The number of cyclic esters (lactones) is 1. The fourth-order valence-electron chi connectivity index (χ4n) is 6.43. The minimum absolute atomic E-state index is 0.0864. The van der Waals surface area contributed by atoms with Crippen molar-refractivity contribution in [3.05, 3.63) is 12.2 Å². The summed E-state index contributed by atoms with van der Waals surface area (Å²) in [6.45, 7) is 4.47. The fraction of sp³-hybridized carbons (Fsp3) is 0.864. The Kier molecular flexibility index (Phi) is 4.96. The second kappa shape index (κ2) is 7.06. The molecule has 0 aromatic rings. The number of fused-ring (bicyclic) bond motifs is 2. The molecule has 140 valence electrons. The highest BCUT2D eigenvalue weighted by Gasteiger charge is 2.53. The molecule has 0 unspecified atom stereocenters. The molecule has 25 heavy (non-hydrogen) atoms. The second-order valence-electron chi connectivity index (χ2n) is 9.24. The van der Waals surface area contributed by atoms with E-state index >= 15 is 0 Å². The number of carbonyl (C=O) groups excluding carboxylic acids is 1. The Morgan fingerprint density at radius 1 is 1.04 bits per heavy atom. The van der Waals surface area contributed by atoms with Crippen LogP contribution in [-0.2, 0) is 9.53 Å². The van der Waals surface area contributed by atoms with Crippen molar-refractivity contribution in [1.82, 2.24) is 4.90 Å². The first-order valence-electron chi connectivity index (χ1n) is 10.7. The SMILES string of the molecule is C[C@H]1OC(=O)[C@@H]2C[C@H]3CCCC[C@@H]3[C@@H](/C=C/[C@@H]3CCC[C@H](C)N3C)[C@@H]12. The molecule has 2 saturated carbocycles. The van der Waals surface area contributed by atoms with E-state index in [0.29, 0.717) is 23.9 Å². The van der Waals surface area contributed by atoms with Gasteiger partial charge in [-0.25, -0.2) is 0 Å². The Morgan fingerprint density at radius 3 is 2.68 bits per heavy atom. The molecule has 2 saturated heterocycles.